The normalized spacial score (nSPS) is 8.43. The van der Waals surface area contributed by atoms with E-state index in [4.69, 9.17) is 19.2 Å². The van der Waals surface area contributed by atoms with Gasteiger partial charge in [-0.15, -0.1) is 0 Å². The standard InChI is InChI=1S/Fe.H3O4P.Ti/c;1-5(2,3)4;/h;(H3,1,2,3,4);. The third-order valence-corrected chi connectivity index (χ3v) is 0. The Morgan fingerprint density at radius 3 is 1.14 bits per heavy atom. The van der Waals surface area contributed by atoms with Crippen LogP contribution < -0.4 is 0 Å². The van der Waals surface area contributed by atoms with Crippen LogP contribution in [0.4, 0.5) is 0 Å². The number of rotatable bonds is 0. The topological polar surface area (TPSA) is 77.8 Å². The van der Waals surface area contributed by atoms with Crippen molar-refractivity contribution in [3.8, 4) is 0 Å². The Kier molecular flexibility index (Phi) is 12.3. The van der Waals surface area contributed by atoms with Crippen LogP contribution in [0.5, 0.6) is 0 Å². The number of phosphoric acid groups is 1. The van der Waals surface area contributed by atoms with Gasteiger partial charge in [0.1, 0.15) is 0 Å². The fourth-order valence-corrected chi connectivity index (χ4v) is 0. The molecule has 0 amide bonds. The molecule has 0 rings (SSSR count). The minimum absolute atomic E-state index is 0. The molecule has 0 saturated heterocycles. The molecule has 44 valence electrons. The fourth-order valence-electron chi connectivity index (χ4n) is 0. The largest absolute Gasteiger partial charge is 0.466 e. The first-order valence-corrected chi connectivity index (χ1v) is 2.35. The van der Waals surface area contributed by atoms with Gasteiger partial charge in [0.25, 0.3) is 0 Å². The van der Waals surface area contributed by atoms with E-state index in [0.717, 1.165) is 0 Å². The molecule has 7 heavy (non-hydrogen) atoms. The van der Waals surface area contributed by atoms with Gasteiger partial charge in [0.05, 0.1) is 0 Å². The molecule has 0 bridgehead atoms. The summed E-state index contributed by atoms with van der Waals surface area (Å²) in [6.07, 6.45) is 0. The maximum absolute atomic E-state index is 8.88. The van der Waals surface area contributed by atoms with Crippen molar-refractivity contribution >= 4 is 7.82 Å². The molecule has 0 aliphatic carbocycles. The summed E-state index contributed by atoms with van der Waals surface area (Å²) < 4.78 is 8.88. The van der Waals surface area contributed by atoms with Crippen LogP contribution >= 0.6 is 7.82 Å². The molecule has 0 atom stereocenters. The average molecular weight is 202 g/mol. The Labute approximate surface area is 65.9 Å². The zero-order valence-electron chi connectivity index (χ0n) is 3.05. The van der Waals surface area contributed by atoms with E-state index < -0.39 is 7.82 Å². The van der Waals surface area contributed by atoms with Crippen LogP contribution in [-0.2, 0) is 43.4 Å². The molecule has 0 aliphatic rings. The molecule has 0 aliphatic heterocycles. The Morgan fingerprint density at radius 2 is 1.14 bits per heavy atom. The first-order chi connectivity index (χ1) is 2.00. The molecule has 0 unspecified atom stereocenters. The van der Waals surface area contributed by atoms with Crippen LogP contribution in [0, 0.1) is 0 Å². The van der Waals surface area contributed by atoms with Gasteiger partial charge < -0.3 is 14.7 Å². The number of hydrogen-bond acceptors (Lipinski definition) is 1. The van der Waals surface area contributed by atoms with Crippen molar-refractivity contribution in [1.29, 1.82) is 0 Å². The quantitative estimate of drug-likeness (QED) is 0.350. The summed E-state index contributed by atoms with van der Waals surface area (Å²) in [5.74, 6) is 0. The molecule has 4 nitrogen and oxygen atoms in total. The Hall–Kier alpha value is 1.34. The van der Waals surface area contributed by atoms with Crippen LogP contribution in [0.3, 0.4) is 0 Å². The monoisotopic (exact) mass is 202 g/mol. The van der Waals surface area contributed by atoms with Crippen LogP contribution in [0.25, 0.3) is 0 Å². The predicted octanol–water partition coefficient (Wildman–Crippen LogP) is -0.934. The second kappa shape index (κ2) is 5.48. The van der Waals surface area contributed by atoms with Gasteiger partial charge in [-0.05, 0) is 0 Å². The van der Waals surface area contributed by atoms with E-state index in [1.54, 1.807) is 0 Å². The molecule has 0 radical (unpaired) electrons. The summed E-state index contributed by atoms with van der Waals surface area (Å²) >= 11 is 0. The van der Waals surface area contributed by atoms with Crippen LogP contribution in [0.1, 0.15) is 0 Å². The summed E-state index contributed by atoms with van der Waals surface area (Å²) in [5, 5.41) is 0. The summed E-state index contributed by atoms with van der Waals surface area (Å²) in [6.45, 7) is 0. The van der Waals surface area contributed by atoms with E-state index in [9.17, 15) is 0 Å². The maximum Gasteiger partial charge on any atom is 0.466 e. The zero-order valence-corrected chi connectivity index (χ0v) is 6.61. The third-order valence-electron chi connectivity index (χ3n) is 0. The number of hydrogen-bond donors (Lipinski definition) is 3. The van der Waals surface area contributed by atoms with Gasteiger partial charge in [-0.2, -0.15) is 0 Å². The SMILES string of the molecule is O=P(O)(O)O.[Fe].[Ti]. The summed E-state index contributed by atoms with van der Waals surface area (Å²) in [7, 11) is -4.64. The smallest absolute Gasteiger partial charge is 0.303 e. The minimum Gasteiger partial charge on any atom is -0.303 e. The van der Waals surface area contributed by atoms with Crippen LogP contribution in [0.2, 0.25) is 0 Å². The molecule has 0 aromatic carbocycles. The van der Waals surface area contributed by atoms with Gasteiger partial charge >= 0.3 is 7.82 Å². The van der Waals surface area contributed by atoms with Gasteiger partial charge in [0.15, 0.2) is 0 Å². The zero-order chi connectivity index (χ0) is 4.50. The first kappa shape index (κ1) is 15.8. The van der Waals surface area contributed by atoms with Gasteiger partial charge in [-0.3, -0.25) is 0 Å². The van der Waals surface area contributed by atoms with Crippen LogP contribution in [0.15, 0.2) is 0 Å². The van der Waals surface area contributed by atoms with E-state index in [-0.39, 0.29) is 38.8 Å². The average Bonchev–Trinajstić information content (AvgIpc) is 0.722. The summed E-state index contributed by atoms with van der Waals surface area (Å²) in [5.41, 5.74) is 0. The Morgan fingerprint density at radius 1 is 1.14 bits per heavy atom. The maximum atomic E-state index is 8.88. The van der Waals surface area contributed by atoms with Crippen molar-refractivity contribution < 1.29 is 58.0 Å². The fraction of sp³-hybridized carbons (Fsp3) is 0. The van der Waals surface area contributed by atoms with E-state index in [1.807, 2.05) is 0 Å². The molecule has 0 aromatic heterocycles. The predicted molar refractivity (Wildman–Crippen MR) is 14.3 cm³/mol. The molecule has 0 saturated carbocycles. The first-order valence-electron chi connectivity index (χ1n) is 0.783. The Bertz CT molecular complexity index is 57.8. The molecule has 3 N–H and O–H groups in total. The van der Waals surface area contributed by atoms with Crippen LogP contribution in [-0.4, -0.2) is 14.7 Å². The van der Waals surface area contributed by atoms with Gasteiger partial charge in [0, 0.05) is 38.8 Å². The molecule has 0 heterocycles. The van der Waals surface area contributed by atoms with E-state index in [1.165, 1.54) is 0 Å². The molecular formula is H3FeO4PTi. The molecule has 7 heteroatoms. The molecule has 0 aromatic rings. The van der Waals surface area contributed by atoms with Crippen molar-refractivity contribution in [2.24, 2.45) is 0 Å². The Balaban J connectivity index is -0.0000000800. The molecular weight excluding hydrogens is 199 g/mol. The van der Waals surface area contributed by atoms with E-state index >= 15 is 0 Å². The third kappa shape index (κ3) is 116. The van der Waals surface area contributed by atoms with Crippen molar-refractivity contribution in [2.45, 2.75) is 0 Å². The van der Waals surface area contributed by atoms with Gasteiger partial charge in [-0.25, -0.2) is 4.57 Å². The second-order valence-corrected chi connectivity index (χ2v) is 1.54. The summed E-state index contributed by atoms with van der Waals surface area (Å²) in [6, 6.07) is 0. The molecule has 0 spiro atoms. The van der Waals surface area contributed by atoms with Crippen molar-refractivity contribution in [2.75, 3.05) is 0 Å². The van der Waals surface area contributed by atoms with Crippen molar-refractivity contribution in [3.05, 3.63) is 0 Å². The van der Waals surface area contributed by atoms with Gasteiger partial charge in [-0.1, -0.05) is 0 Å². The van der Waals surface area contributed by atoms with Crippen molar-refractivity contribution in [3.63, 3.8) is 0 Å². The van der Waals surface area contributed by atoms with E-state index in [2.05, 4.69) is 0 Å². The molecule has 0 fully saturated rings. The minimum atomic E-state index is -4.64. The second-order valence-electron chi connectivity index (χ2n) is 0.513. The summed E-state index contributed by atoms with van der Waals surface area (Å²) in [4.78, 5) is 21.6. The van der Waals surface area contributed by atoms with Crippen molar-refractivity contribution in [1.82, 2.24) is 0 Å². The van der Waals surface area contributed by atoms with E-state index in [0.29, 0.717) is 0 Å². The van der Waals surface area contributed by atoms with Gasteiger partial charge in [0.2, 0.25) is 0 Å².